The fourth-order valence-electron chi connectivity index (χ4n) is 3.08. The lowest BCUT2D eigenvalue weighted by molar-refractivity contribution is -0.167. The summed E-state index contributed by atoms with van der Waals surface area (Å²) < 4.78 is 4.86. The van der Waals surface area contributed by atoms with Crippen LogP contribution in [0.5, 0.6) is 0 Å². The number of methoxy groups -OCH3 is 1. The van der Waals surface area contributed by atoms with E-state index in [0.717, 1.165) is 12.8 Å². The van der Waals surface area contributed by atoms with E-state index in [2.05, 4.69) is 0 Å². The molecule has 0 aliphatic heterocycles. The molecular formula is C13H18O3. The third-order valence-corrected chi connectivity index (χ3v) is 4.09. The number of hydrogen-bond acceptors (Lipinski definition) is 3. The number of carbonyl (C=O) groups is 2. The maximum Gasteiger partial charge on any atom is 0.320 e. The highest BCUT2D eigenvalue weighted by atomic mass is 16.5. The van der Waals surface area contributed by atoms with Gasteiger partial charge in [0.1, 0.15) is 5.41 Å². The Morgan fingerprint density at radius 1 is 1.50 bits per heavy atom. The van der Waals surface area contributed by atoms with E-state index in [9.17, 15) is 9.59 Å². The SMILES string of the molecule is COC(=O)[C@@]12CC=C[C@@H]1CCC(C)(C)C2=O. The predicted molar refractivity (Wildman–Crippen MR) is 59.7 cm³/mol. The smallest absolute Gasteiger partial charge is 0.320 e. The van der Waals surface area contributed by atoms with Crippen LogP contribution in [0.25, 0.3) is 0 Å². The van der Waals surface area contributed by atoms with Crippen molar-refractivity contribution in [2.75, 3.05) is 7.11 Å². The van der Waals surface area contributed by atoms with Crippen LogP contribution in [0.1, 0.15) is 33.1 Å². The van der Waals surface area contributed by atoms with Crippen LogP contribution >= 0.6 is 0 Å². The molecule has 0 bridgehead atoms. The standard InChI is InChI=1S/C13H18O3/c1-12(2)8-6-9-5-4-7-13(9,10(12)14)11(15)16-3/h4-5,9H,6-8H2,1-3H3/t9-,13+/m1/s1. The van der Waals surface area contributed by atoms with E-state index < -0.39 is 10.8 Å². The Balaban J connectivity index is 2.45. The van der Waals surface area contributed by atoms with Crippen LogP contribution in [0.2, 0.25) is 0 Å². The number of esters is 1. The second-order valence-corrected chi connectivity index (χ2v) is 5.45. The molecule has 0 radical (unpaired) electrons. The van der Waals surface area contributed by atoms with E-state index in [4.69, 9.17) is 4.74 Å². The van der Waals surface area contributed by atoms with Crippen LogP contribution in [-0.2, 0) is 14.3 Å². The largest absolute Gasteiger partial charge is 0.468 e. The fourth-order valence-corrected chi connectivity index (χ4v) is 3.08. The Morgan fingerprint density at radius 3 is 2.81 bits per heavy atom. The molecule has 3 heteroatoms. The molecule has 0 N–H and O–H groups in total. The number of hydrogen-bond donors (Lipinski definition) is 0. The van der Waals surface area contributed by atoms with Crippen molar-refractivity contribution in [1.29, 1.82) is 0 Å². The number of Topliss-reactive ketones (excluding diaryl/α,β-unsaturated/α-hetero) is 1. The Morgan fingerprint density at radius 2 is 2.19 bits per heavy atom. The Kier molecular flexibility index (Phi) is 2.44. The number of ketones is 1. The molecule has 2 aliphatic carbocycles. The van der Waals surface area contributed by atoms with Gasteiger partial charge in [0.15, 0.2) is 5.78 Å². The van der Waals surface area contributed by atoms with Crippen LogP contribution in [0, 0.1) is 16.7 Å². The summed E-state index contributed by atoms with van der Waals surface area (Å²) in [6.07, 6.45) is 6.20. The van der Waals surface area contributed by atoms with E-state index in [-0.39, 0.29) is 17.7 Å². The molecule has 0 aromatic carbocycles. The molecule has 88 valence electrons. The lowest BCUT2D eigenvalue weighted by Crippen LogP contribution is -2.52. The Labute approximate surface area is 95.9 Å². The molecule has 1 saturated carbocycles. The van der Waals surface area contributed by atoms with Gasteiger partial charge < -0.3 is 4.74 Å². The summed E-state index contributed by atoms with van der Waals surface area (Å²) in [4.78, 5) is 24.5. The summed E-state index contributed by atoms with van der Waals surface area (Å²) in [6.45, 7) is 3.85. The topological polar surface area (TPSA) is 43.4 Å². The number of fused-ring (bicyclic) bond motifs is 1. The maximum atomic E-state index is 12.5. The molecule has 0 unspecified atom stereocenters. The number of rotatable bonds is 1. The summed E-state index contributed by atoms with van der Waals surface area (Å²) >= 11 is 0. The van der Waals surface area contributed by atoms with E-state index in [1.807, 2.05) is 26.0 Å². The summed E-state index contributed by atoms with van der Waals surface area (Å²) in [6, 6.07) is 0. The fraction of sp³-hybridized carbons (Fsp3) is 0.692. The summed E-state index contributed by atoms with van der Waals surface area (Å²) in [5.41, 5.74) is -1.33. The minimum Gasteiger partial charge on any atom is -0.468 e. The van der Waals surface area contributed by atoms with Crippen LogP contribution < -0.4 is 0 Å². The molecule has 2 atom stereocenters. The van der Waals surface area contributed by atoms with Crippen molar-refractivity contribution in [3.63, 3.8) is 0 Å². The zero-order chi connectivity index (χ0) is 12.0. The highest BCUT2D eigenvalue weighted by Crippen LogP contribution is 2.52. The first-order valence-corrected chi connectivity index (χ1v) is 5.75. The molecule has 0 saturated heterocycles. The number of ether oxygens (including phenoxy) is 1. The molecule has 3 nitrogen and oxygen atoms in total. The Hall–Kier alpha value is -1.12. The second kappa shape index (κ2) is 3.44. The third-order valence-electron chi connectivity index (χ3n) is 4.09. The van der Waals surface area contributed by atoms with Gasteiger partial charge in [-0.3, -0.25) is 9.59 Å². The monoisotopic (exact) mass is 222 g/mol. The minimum atomic E-state index is -0.920. The predicted octanol–water partition coefficient (Wildman–Crippen LogP) is 2.11. The highest BCUT2D eigenvalue weighted by molar-refractivity contribution is 6.08. The van der Waals surface area contributed by atoms with Gasteiger partial charge in [0.2, 0.25) is 0 Å². The highest BCUT2D eigenvalue weighted by Gasteiger charge is 2.59. The van der Waals surface area contributed by atoms with Gasteiger partial charge in [-0.15, -0.1) is 0 Å². The maximum absolute atomic E-state index is 12.5. The van der Waals surface area contributed by atoms with Crippen molar-refractivity contribution in [2.45, 2.75) is 33.1 Å². The van der Waals surface area contributed by atoms with Crippen molar-refractivity contribution >= 4 is 11.8 Å². The van der Waals surface area contributed by atoms with Crippen LogP contribution in [0.15, 0.2) is 12.2 Å². The van der Waals surface area contributed by atoms with Crippen LogP contribution in [-0.4, -0.2) is 18.9 Å². The molecule has 0 spiro atoms. The quantitative estimate of drug-likeness (QED) is 0.388. The molecule has 1 fully saturated rings. The van der Waals surface area contributed by atoms with E-state index in [1.165, 1.54) is 7.11 Å². The van der Waals surface area contributed by atoms with Crippen molar-refractivity contribution in [3.8, 4) is 0 Å². The van der Waals surface area contributed by atoms with Crippen molar-refractivity contribution in [3.05, 3.63) is 12.2 Å². The number of allylic oxidation sites excluding steroid dienone is 2. The molecule has 16 heavy (non-hydrogen) atoms. The van der Waals surface area contributed by atoms with Gasteiger partial charge in [0, 0.05) is 11.3 Å². The van der Waals surface area contributed by atoms with E-state index in [0.29, 0.717) is 6.42 Å². The normalized spacial score (nSPS) is 35.9. The van der Waals surface area contributed by atoms with Gasteiger partial charge >= 0.3 is 5.97 Å². The molecule has 0 heterocycles. The Bertz CT molecular complexity index is 367. The number of carbonyl (C=O) groups excluding carboxylic acids is 2. The average Bonchev–Trinajstić information content (AvgIpc) is 2.68. The van der Waals surface area contributed by atoms with Gasteiger partial charge in [0.25, 0.3) is 0 Å². The van der Waals surface area contributed by atoms with Crippen LogP contribution in [0.4, 0.5) is 0 Å². The molecule has 2 aliphatic rings. The zero-order valence-corrected chi connectivity index (χ0v) is 10.1. The van der Waals surface area contributed by atoms with Crippen molar-refractivity contribution in [2.24, 2.45) is 16.7 Å². The molecule has 0 aromatic rings. The molecule has 2 rings (SSSR count). The minimum absolute atomic E-state index is 0.0421. The lowest BCUT2D eigenvalue weighted by Gasteiger charge is -2.43. The van der Waals surface area contributed by atoms with Gasteiger partial charge in [0.05, 0.1) is 7.11 Å². The lowest BCUT2D eigenvalue weighted by atomic mass is 9.58. The molecule has 0 amide bonds. The van der Waals surface area contributed by atoms with Gasteiger partial charge in [-0.05, 0) is 19.3 Å². The second-order valence-electron chi connectivity index (χ2n) is 5.45. The van der Waals surface area contributed by atoms with E-state index >= 15 is 0 Å². The van der Waals surface area contributed by atoms with Crippen molar-refractivity contribution < 1.29 is 14.3 Å². The van der Waals surface area contributed by atoms with Crippen molar-refractivity contribution in [1.82, 2.24) is 0 Å². The average molecular weight is 222 g/mol. The van der Waals surface area contributed by atoms with Gasteiger partial charge in [-0.2, -0.15) is 0 Å². The third kappa shape index (κ3) is 1.27. The summed E-state index contributed by atoms with van der Waals surface area (Å²) in [5.74, 6) is -0.270. The first-order valence-electron chi connectivity index (χ1n) is 5.75. The van der Waals surface area contributed by atoms with E-state index in [1.54, 1.807) is 0 Å². The first kappa shape index (κ1) is 11.4. The molecule has 0 aromatic heterocycles. The van der Waals surface area contributed by atoms with Gasteiger partial charge in [-0.25, -0.2) is 0 Å². The van der Waals surface area contributed by atoms with Crippen LogP contribution in [0.3, 0.4) is 0 Å². The molecular weight excluding hydrogens is 204 g/mol. The summed E-state index contributed by atoms with van der Waals surface area (Å²) in [5, 5.41) is 0. The summed E-state index contributed by atoms with van der Waals surface area (Å²) in [7, 11) is 1.36. The zero-order valence-electron chi connectivity index (χ0n) is 10.1. The first-order chi connectivity index (χ1) is 7.45. The van der Waals surface area contributed by atoms with Gasteiger partial charge in [-0.1, -0.05) is 26.0 Å².